The first-order valence-electron chi connectivity index (χ1n) is 13.9. The van der Waals surface area contributed by atoms with Gasteiger partial charge in [-0.25, -0.2) is 0 Å². The molecule has 1 aliphatic rings. The maximum Gasteiger partial charge on any atom is 0.488 e. The lowest BCUT2D eigenvalue weighted by molar-refractivity contribution is 0.365. The van der Waals surface area contributed by atoms with Crippen LogP contribution in [0.4, 0.5) is 3.89 Å². The van der Waals surface area contributed by atoms with Crippen molar-refractivity contribution in [2.75, 3.05) is 0 Å². The van der Waals surface area contributed by atoms with E-state index in [9.17, 15) is 22.4 Å². The Kier molecular flexibility index (Phi) is 6.82. The molecule has 6 rings (SSSR count). The van der Waals surface area contributed by atoms with E-state index in [1.807, 2.05) is 24.3 Å². The van der Waals surface area contributed by atoms with Crippen molar-refractivity contribution in [2.24, 2.45) is 5.92 Å². The number of nitriles is 1. The number of halogens is 1. The lowest BCUT2D eigenvalue weighted by atomic mass is 9.90. The molecule has 41 heavy (non-hydrogen) atoms. The minimum atomic E-state index is -5.18. The maximum atomic E-state index is 14.2. The Labute approximate surface area is 237 Å². The molecule has 2 aromatic heterocycles. The second-order valence-electron chi connectivity index (χ2n) is 11.3. The number of hydrogen-bond acceptors (Lipinski definition) is 5. The predicted molar refractivity (Wildman–Crippen MR) is 159 cm³/mol. The topological polar surface area (TPSA) is 105 Å². The molecule has 7 nitrogen and oxygen atoms in total. The molecule has 5 aromatic rings. The van der Waals surface area contributed by atoms with Crippen molar-refractivity contribution < 1.29 is 16.5 Å². The molecule has 3 aromatic carbocycles. The summed E-state index contributed by atoms with van der Waals surface area (Å²) >= 11 is 0. The molecular formula is C32H30FN3O4S. The van der Waals surface area contributed by atoms with Gasteiger partial charge in [0.1, 0.15) is 11.4 Å². The van der Waals surface area contributed by atoms with Crippen molar-refractivity contribution in [3.63, 3.8) is 0 Å². The minimum Gasteiger partial charge on any atom is -0.358 e. The summed E-state index contributed by atoms with van der Waals surface area (Å²) in [5.74, 6) is 0.156. The third kappa shape index (κ3) is 5.08. The summed E-state index contributed by atoms with van der Waals surface area (Å²) < 4.78 is 42.5. The van der Waals surface area contributed by atoms with E-state index in [0.717, 1.165) is 58.9 Å². The molecule has 0 spiro atoms. The average Bonchev–Trinajstić information content (AvgIpc) is 3.31. The monoisotopic (exact) mass is 571 g/mol. The van der Waals surface area contributed by atoms with Gasteiger partial charge in [0.2, 0.25) is 0 Å². The molecule has 2 heterocycles. The van der Waals surface area contributed by atoms with Crippen LogP contribution in [0.3, 0.4) is 0 Å². The lowest BCUT2D eigenvalue weighted by Crippen LogP contribution is -2.19. The molecule has 0 bridgehead atoms. The molecule has 0 amide bonds. The molecule has 0 unspecified atom stereocenters. The number of hydrogen-bond donors (Lipinski definition) is 1. The van der Waals surface area contributed by atoms with Gasteiger partial charge in [-0.3, -0.25) is 4.79 Å². The Bertz CT molecular complexity index is 2030. The standard InChI is InChI=1S/C32H30FN3O4S/c1-19(2)13-22-16-27-29(17-26(22)21-7-6-10-24(15-21)40-41(33,38)39)36(23-8-4-3-5-9-23)32-30(31(27)37)25-12-11-20(18-34)14-28(25)35-32/h6-7,10-12,14-17,19,23,35H,3-5,8-9,13H2,1-2H3. The third-order valence-electron chi connectivity index (χ3n) is 8.01. The zero-order valence-electron chi connectivity index (χ0n) is 22.9. The van der Waals surface area contributed by atoms with Gasteiger partial charge in [-0.15, -0.1) is 0 Å². The van der Waals surface area contributed by atoms with Gasteiger partial charge in [-0.2, -0.15) is 13.7 Å². The van der Waals surface area contributed by atoms with Crippen molar-refractivity contribution in [1.29, 1.82) is 5.26 Å². The molecule has 1 aliphatic carbocycles. The van der Waals surface area contributed by atoms with Crippen molar-refractivity contribution >= 4 is 43.3 Å². The van der Waals surface area contributed by atoms with E-state index < -0.39 is 10.5 Å². The zero-order valence-corrected chi connectivity index (χ0v) is 23.7. The third-order valence-corrected chi connectivity index (χ3v) is 8.40. The number of rotatable bonds is 6. The Balaban J connectivity index is 1.70. The summed E-state index contributed by atoms with van der Waals surface area (Å²) in [7, 11) is -5.18. The van der Waals surface area contributed by atoms with E-state index in [2.05, 4.69) is 33.7 Å². The summed E-state index contributed by atoms with van der Waals surface area (Å²) in [6, 6.07) is 18.1. The van der Waals surface area contributed by atoms with Crippen molar-refractivity contribution in [2.45, 2.75) is 58.4 Å². The van der Waals surface area contributed by atoms with Crippen LogP contribution in [-0.2, 0) is 16.9 Å². The van der Waals surface area contributed by atoms with E-state index >= 15 is 0 Å². The fourth-order valence-corrected chi connectivity index (χ4v) is 6.69. The quantitative estimate of drug-likeness (QED) is 0.213. The smallest absolute Gasteiger partial charge is 0.358 e. The van der Waals surface area contributed by atoms with Gasteiger partial charge in [-0.05, 0) is 78.3 Å². The first-order chi connectivity index (χ1) is 19.6. The van der Waals surface area contributed by atoms with Crippen molar-refractivity contribution in [3.05, 3.63) is 75.9 Å². The molecule has 1 saturated carbocycles. The summed E-state index contributed by atoms with van der Waals surface area (Å²) in [6.45, 7) is 4.19. The van der Waals surface area contributed by atoms with Gasteiger partial charge < -0.3 is 13.7 Å². The van der Waals surface area contributed by atoms with Crippen LogP contribution in [0, 0.1) is 17.2 Å². The van der Waals surface area contributed by atoms with E-state index in [-0.39, 0.29) is 23.1 Å². The molecule has 0 atom stereocenters. The summed E-state index contributed by atoms with van der Waals surface area (Å²) in [4.78, 5) is 17.7. The normalized spacial score (nSPS) is 14.7. The first kappa shape index (κ1) is 27.0. The van der Waals surface area contributed by atoms with Crippen molar-refractivity contribution in [3.8, 4) is 22.9 Å². The second kappa shape index (κ2) is 10.3. The lowest BCUT2D eigenvalue weighted by Gasteiger charge is -2.28. The number of fused-ring (bicyclic) bond motifs is 4. The first-order valence-corrected chi connectivity index (χ1v) is 15.2. The van der Waals surface area contributed by atoms with Gasteiger partial charge in [0, 0.05) is 22.3 Å². The Morgan fingerprint density at radius 1 is 1.07 bits per heavy atom. The predicted octanol–water partition coefficient (Wildman–Crippen LogP) is 7.47. The summed E-state index contributed by atoms with van der Waals surface area (Å²) in [6.07, 6.45) is 5.99. The Morgan fingerprint density at radius 3 is 2.56 bits per heavy atom. The number of nitrogens with one attached hydrogen (secondary N) is 1. The number of aromatic nitrogens is 2. The number of aromatic amines is 1. The van der Waals surface area contributed by atoms with Crippen LogP contribution < -0.4 is 9.61 Å². The molecule has 9 heteroatoms. The van der Waals surface area contributed by atoms with Crippen LogP contribution in [0.5, 0.6) is 5.75 Å². The molecule has 210 valence electrons. The largest absolute Gasteiger partial charge is 0.488 e. The summed E-state index contributed by atoms with van der Waals surface area (Å²) in [5, 5.41) is 11.5. The van der Waals surface area contributed by atoms with Crippen LogP contribution in [0.15, 0.2) is 59.4 Å². The highest BCUT2D eigenvalue weighted by molar-refractivity contribution is 7.81. The highest BCUT2D eigenvalue weighted by atomic mass is 32.3. The van der Waals surface area contributed by atoms with Gasteiger partial charge in [-0.1, -0.05) is 55.2 Å². The van der Waals surface area contributed by atoms with E-state index in [1.54, 1.807) is 18.2 Å². The van der Waals surface area contributed by atoms with Gasteiger partial charge in [0.25, 0.3) is 0 Å². The SMILES string of the molecule is CC(C)Cc1cc2c(=O)c3c4ccc(C#N)cc4[nH]c3n(C3CCCCC3)c2cc1-c1cccc(OS(=O)(=O)F)c1. The molecule has 1 N–H and O–H groups in total. The fraction of sp³-hybridized carbons (Fsp3) is 0.312. The Hall–Kier alpha value is -4.16. The van der Waals surface area contributed by atoms with Crippen LogP contribution in [0.25, 0.3) is 44.0 Å². The molecule has 1 fully saturated rings. The number of nitrogens with zero attached hydrogens (tertiary/aromatic N) is 2. The molecule has 0 aliphatic heterocycles. The fourth-order valence-electron chi connectivity index (χ4n) is 6.36. The second-order valence-corrected chi connectivity index (χ2v) is 12.3. The summed E-state index contributed by atoms with van der Waals surface area (Å²) in [5.41, 5.74) is 5.15. The maximum absolute atomic E-state index is 14.2. The van der Waals surface area contributed by atoms with E-state index in [4.69, 9.17) is 0 Å². The zero-order chi connectivity index (χ0) is 28.9. The van der Waals surface area contributed by atoms with Crippen molar-refractivity contribution in [1.82, 2.24) is 9.55 Å². The van der Waals surface area contributed by atoms with Gasteiger partial charge in [0.15, 0.2) is 5.43 Å². The highest BCUT2D eigenvalue weighted by Gasteiger charge is 2.25. The average molecular weight is 572 g/mol. The molecule has 0 saturated heterocycles. The van der Waals surface area contributed by atoms with Crippen LogP contribution in [0.1, 0.15) is 63.1 Å². The van der Waals surface area contributed by atoms with E-state index in [1.165, 1.54) is 18.6 Å². The number of H-pyrrole nitrogens is 1. The van der Waals surface area contributed by atoms with Crippen LogP contribution in [-0.4, -0.2) is 18.0 Å². The Morgan fingerprint density at radius 2 is 1.85 bits per heavy atom. The van der Waals surface area contributed by atoms with E-state index in [0.29, 0.717) is 28.3 Å². The highest BCUT2D eigenvalue weighted by Crippen LogP contribution is 2.38. The molecular weight excluding hydrogens is 541 g/mol. The van der Waals surface area contributed by atoms with Crippen LogP contribution in [0.2, 0.25) is 0 Å². The van der Waals surface area contributed by atoms with Gasteiger partial charge in [0.05, 0.1) is 22.5 Å². The van der Waals surface area contributed by atoms with Crippen LogP contribution >= 0.6 is 0 Å². The molecule has 0 radical (unpaired) electrons. The number of benzene rings is 3. The number of pyridine rings is 1. The van der Waals surface area contributed by atoms with Gasteiger partial charge >= 0.3 is 10.5 Å². The minimum absolute atomic E-state index is 0.0739.